The van der Waals surface area contributed by atoms with Gasteiger partial charge in [0.2, 0.25) is 0 Å². The van der Waals surface area contributed by atoms with E-state index in [0.717, 1.165) is 18.7 Å². The summed E-state index contributed by atoms with van der Waals surface area (Å²) in [4.78, 5) is 4.76. The zero-order chi connectivity index (χ0) is 18.1. The Morgan fingerprint density at radius 2 is 1.62 bits per heavy atom. The Balaban J connectivity index is 1.85. The van der Waals surface area contributed by atoms with Crippen molar-refractivity contribution in [3.8, 4) is 0 Å². The molecule has 2 aromatic carbocycles. The van der Waals surface area contributed by atoms with Crippen LogP contribution in [0.15, 0.2) is 66.9 Å². The first-order valence-corrected chi connectivity index (χ1v) is 9.16. The lowest BCUT2D eigenvalue weighted by Gasteiger charge is -2.12. The van der Waals surface area contributed by atoms with Gasteiger partial charge in [-0.15, -0.1) is 0 Å². The van der Waals surface area contributed by atoms with Gasteiger partial charge >= 0.3 is 0 Å². The maximum atomic E-state index is 4.76. The van der Waals surface area contributed by atoms with Gasteiger partial charge in [0, 0.05) is 30.2 Å². The molecule has 0 radical (unpaired) electrons. The molecule has 26 heavy (non-hydrogen) atoms. The minimum Gasteiger partial charge on any atom is -0.339 e. The number of benzene rings is 2. The molecule has 2 heterocycles. The summed E-state index contributed by atoms with van der Waals surface area (Å²) in [6.07, 6.45) is 2.80. The summed E-state index contributed by atoms with van der Waals surface area (Å²) in [5, 5.41) is 1.32. The van der Waals surface area contributed by atoms with Crippen molar-refractivity contribution < 1.29 is 0 Å². The molecule has 0 N–H and O–H groups in total. The highest BCUT2D eigenvalue weighted by molar-refractivity contribution is 5.87. The first kappa shape index (κ1) is 16.6. The number of hydrogen-bond acceptors (Lipinski definition) is 1. The topological polar surface area (TPSA) is 17.8 Å². The van der Waals surface area contributed by atoms with E-state index in [4.69, 9.17) is 4.98 Å². The van der Waals surface area contributed by atoms with E-state index < -0.39 is 0 Å². The predicted molar refractivity (Wildman–Crippen MR) is 109 cm³/mol. The molecule has 0 saturated heterocycles. The summed E-state index contributed by atoms with van der Waals surface area (Å²) < 4.78 is 2.44. The first-order chi connectivity index (χ1) is 12.6. The van der Waals surface area contributed by atoms with Crippen molar-refractivity contribution in [2.75, 3.05) is 0 Å². The second-order valence-electron chi connectivity index (χ2n) is 7.10. The molecule has 0 spiro atoms. The Morgan fingerprint density at radius 3 is 2.38 bits per heavy atom. The number of aryl methyl sites for hydroxylation is 2. The lowest BCUT2D eigenvalue weighted by molar-refractivity contribution is 0.793. The average Bonchev–Trinajstić information content (AvgIpc) is 2.89. The van der Waals surface area contributed by atoms with Crippen LogP contribution in [-0.4, -0.2) is 9.55 Å². The van der Waals surface area contributed by atoms with Gasteiger partial charge in [-0.1, -0.05) is 60.2 Å². The van der Waals surface area contributed by atoms with Crippen LogP contribution in [0.4, 0.5) is 0 Å². The van der Waals surface area contributed by atoms with E-state index in [1.165, 1.54) is 38.9 Å². The molecule has 0 unspecified atom stereocenters. The largest absolute Gasteiger partial charge is 0.339 e. The van der Waals surface area contributed by atoms with E-state index in [0.29, 0.717) is 0 Å². The highest BCUT2D eigenvalue weighted by Gasteiger charge is 2.15. The van der Waals surface area contributed by atoms with Crippen LogP contribution in [0.5, 0.6) is 0 Å². The molecule has 4 aromatic rings. The van der Waals surface area contributed by atoms with Crippen LogP contribution in [0, 0.1) is 20.8 Å². The van der Waals surface area contributed by atoms with Crippen molar-refractivity contribution in [3.05, 3.63) is 101 Å². The highest BCUT2D eigenvalue weighted by Crippen LogP contribution is 2.29. The second-order valence-corrected chi connectivity index (χ2v) is 7.10. The molecular formula is C24H24N2. The summed E-state index contributed by atoms with van der Waals surface area (Å²) in [5.74, 6) is 0. The predicted octanol–water partition coefficient (Wildman–Crippen LogP) is 5.60. The molecule has 0 bridgehead atoms. The van der Waals surface area contributed by atoms with Gasteiger partial charge in [0.25, 0.3) is 0 Å². The van der Waals surface area contributed by atoms with Crippen molar-refractivity contribution in [2.24, 2.45) is 0 Å². The minimum atomic E-state index is 0.856. The number of rotatable bonds is 4. The van der Waals surface area contributed by atoms with E-state index in [-0.39, 0.29) is 0 Å². The number of pyridine rings is 1. The van der Waals surface area contributed by atoms with E-state index >= 15 is 0 Å². The summed E-state index contributed by atoms with van der Waals surface area (Å²) in [6, 6.07) is 21.5. The van der Waals surface area contributed by atoms with Crippen LogP contribution in [0.25, 0.3) is 10.9 Å². The molecular weight excluding hydrogens is 316 g/mol. The van der Waals surface area contributed by atoms with Crippen LogP contribution >= 0.6 is 0 Å². The maximum absolute atomic E-state index is 4.76. The molecule has 0 aliphatic heterocycles. The van der Waals surface area contributed by atoms with Crippen molar-refractivity contribution in [1.82, 2.24) is 9.55 Å². The van der Waals surface area contributed by atoms with Gasteiger partial charge in [-0.05, 0) is 43.5 Å². The zero-order valence-electron chi connectivity index (χ0n) is 15.7. The molecule has 2 heteroatoms. The lowest BCUT2D eigenvalue weighted by Crippen LogP contribution is -2.05. The van der Waals surface area contributed by atoms with E-state index in [2.05, 4.69) is 86.0 Å². The average molecular weight is 340 g/mol. The molecule has 0 amide bonds. The third-order valence-electron chi connectivity index (χ3n) is 5.26. The molecule has 2 nitrogen and oxygen atoms in total. The Labute approximate surface area is 155 Å². The van der Waals surface area contributed by atoms with Gasteiger partial charge in [0.05, 0.1) is 11.2 Å². The van der Waals surface area contributed by atoms with E-state index in [1.807, 2.05) is 6.20 Å². The minimum absolute atomic E-state index is 0.856. The smallest absolute Gasteiger partial charge is 0.0710 e. The van der Waals surface area contributed by atoms with Gasteiger partial charge in [0.1, 0.15) is 0 Å². The van der Waals surface area contributed by atoms with E-state index in [9.17, 15) is 0 Å². The third kappa shape index (κ3) is 3.03. The van der Waals surface area contributed by atoms with Gasteiger partial charge < -0.3 is 4.57 Å². The van der Waals surface area contributed by atoms with Gasteiger partial charge in [-0.3, -0.25) is 4.98 Å². The Bertz CT molecular complexity index is 1060. The summed E-state index contributed by atoms with van der Waals surface area (Å²) in [5.41, 5.74) is 9.03. The van der Waals surface area contributed by atoms with Crippen LogP contribution in [0.1, 0.15) is 33.6 Å². The van der Waals surface area contributed by atoms with Crippen LogP contribution in [0.3, 0.4) is 0 Å². The Morgan fingerprint density at radius 1 is 0.846 bits per heavy atom. The van der Waals surface area contributed by atoms with Crippen LogP contribution in [-0.2, 0) is 13.0 Å². The van der Waals surface area contributed by atoms with Gasteiger partial charge in [-0.2, -0.15) is 0 Å². The van der Waals surface area contributed by atoms with Crippen molar-refractivity contribution in [1.29, 1.82) is 0 Å². The van der Waals surface area contributed by atoms with Crippen molar-refractivity contribution >= 4 is 10.9 Å². The molecule has 0 aliphatic rings. The lowest BCUT2D eigenvalue weighted by atomic mass is 10.1. The van der Waals surface area contributed by atoms with Gasteiger partial charge in [0.15, 0.2) is 0 Å². The summed E-state index contributed by atoms with van der Waals surface area (Å²) in [7, 11) is 0. The molecule has 0 aliphatic carbocycles. The van der Waals surface area contributed by atoms with E-state index in [1.54, 1.807) is 0 Å². The molecule has 130 valence electrons. The monoisotopic (exact) mass is 340 g/mol. The SMILES string of the molecule is Cc1cccc(Cn2c(C)c(C)c3ccnc(Cc4ccccc4)c32)c1. The fourth-order valence-electron chi connectivity index (χ4n) is 3.78. The van der Waals surface area contributed by atoms with Crippen molar-refractivity contribution in [3.63, 3.8) is 0 Å². The second kappa shape index (κ2) is 6.80. The molecule has 0 atom stereocenters. The molecule has 0 saturated carbocycles. The third-order valence-corrected chi connectivity index (χ3v) is 5.26. The molecule has 4 rings (SSSR count). The molecule has 0 fully saturated rings. The summed E-state index contributed by atoms with van der Waals surface area (Å²) >= 11 is 0. The first-order valence-electron chi connectivity index (χ1n) is 9.16. The standard InChI is InChI=1S/C24H24N2/c1-17-8-7-11-21(14-17)16-26-19(3)18(2)22-12-13-25-23(24(22)26)15-20-9-5-4-6-10-20/h4-14H,15-16H2,1-3H3. The van der Waals surface area contributed by atoms with Gasteiger partial charge in [-0.25, -0.2) is 0 Å². The van der Waals surface area contributed by atoms with Crippen LogP contribution in [0.2, 0.25) is 0 Å². The summed E-state index contributed by atoms with van der Waals surface area (Å²) in [6.45, 7) is 7.47. The number of hydrogen-bond donors (Lipinski definition) is 0. The fraction of sp³-hybridized carbons (Fsp3) is 0.208. The Kier molecular flexibility index (Phi) is 4.34. The normalized spacial score (nSPS) is 11.2. The highest BCUT2D eigenvalue weighted by atomic mass is 15.0. The zero-order valence-corrected chi connectivity index (χ0v) is 15.7. The fourth-order valence-corrected chi connectivity index (χ4v) is 3.78. The maximum Gasteiger partial charge on any atom is 0.0710 e. The van der Waals surface area contributed by atoms with Crippen LogP contribution < -0.4 is 0 Å². The Hall–Kier alpha value is -2.87. The number of fused-ring (bicyclic) bond motifs is 1. The quantitative estimate of drug-likeness (QED) is 0.473. The molecule has 2 aromatic heterocycles. The van der Waals surface area contributed by atoms with Crippen molar-refractivity contribution in [2.45, 2.75) is 33.7 Å². The number of aromatic nitrogens is 2. The number of nitrogens with zero attached hydrogens (tertiary/aromatic N) is 2.